The molecule has 160 valence electrons. The molecule has 2 heteroatoms. The second kappa shape index (κ2) is 7.00. The Bertz CT molecular complexity index is 1690. The fourth-order valence-corrected chi connectivity index (χ4v) is 5.73. The molecular formula is C31H25NS. The van der Waals surface area contributed by atoms with Crippen molar-refractivity contribution in [1.29, 1.82) is 0 Å². The van der Waals surface area contributed by atoms with Crippen molar-refractivity contribution in [2.75, 3.05) is 0 Å². The highest BCUT2D eigenvalue weighted by Crippen LogP contribution is 2.51. The number of hydrogen-bond donors (Lipinski definition) is 1. The maximum Gasteiger partial charge on any atom is 0.0471 e. The highest BCUT2D eigenvalue weighted by atomic mass is 32.1. The Morgan fingerprint density at radius 3 is 2.18 bits per heavy atom. The van der Waals surface area contributed by atoms with E-state index in [4.69, 9.17) is 0 Å². The van der Waals surface area contributed by atoms with E-state index >= 15 is 0 Å². The van der Waals surface area contributed by atoms with Crippen molar-refractivity contribution >= 4 is 46.1 Å². The Morgan fingerprint density at radius 1 is 0.576 bits per heavy atom. The molecule has 1 aliphatic rings. The van der Waals surface area contributed by atoms with Crippen LogP contribution in [0.15, 0.2) is 97.1 Å². The minimum atomic E-state index is 0. The van der Waals surface area contributed by atoms with Crippen LogP contribution in [0.4, 0.5) is 0 Å². The molecule has 1 heterocycles. The van der Waals surface area contributed by atoms with Crippen LogP contribution in [-0.4, -0.2) is 4.98 Å². The molecule has 5 aromatic carbocycles. The molecule has 1 aliphatic carbocycles. The van der Waals surface area contributed by atoms with E-state index in [1.165, 1.54) is 66.0 Å². The van der Waals surface area contributed by atoms with Gasteiger partial charge in [-0.05, 0) is 68.4 Å². The summed E-state index contributed by atoms with van der Waals surface area (Å²) in [6.45, 7) is 4.69. The second-order valence-corrected chi connectivity index (χ2v) is 9.53. The number of fused-ring (bicyclic) bond motifs is 8. The normalized spacial score (nSPS) is 13.8. The maximum absolute atomic E-state index is 3.65. The molecule has 1 aromatic heterocycles. The molecule has 0 fully saturated rings. The first-order valence-corrected chi connectivity index (χ1v) is 11.3. The standard InChI is InChI=1S/C31H23N.H2S/c1-31(2)26-11-7-6-10-22(26)30-23-18-25-24-16-20(19-8-4-3-5-9-19)13-15-28(24)32-29(25)17-21(23)12-14-27(30)31;/h3-18,32H,1-2H3;1H2. The van der Waals surface area contributed by atoms with Crippen LogP contribution in [0.25, 0.3) is 54.8 Å². The van der Waals surface area contributed by atoms with Gasteiger partial charge in [0.05, 0.1) is 0 Å². The lowest BCUT2D eigenvalue weighted by Gasteiger charge is -2.21. The summed E-state index contributed by atoms with van der Waals surface area (Å²) >= 11 is 0. The van der Waals surface area contributed by atoms with E-state index in [0.717, 1.165) is 0 Å². The van der Waals surface area contributed by atoms with Gasteiger partial charge in [0.2, 0.25) is 0 Å². The van der Waals surface area contributed by atoms with Crippen molar-refractivity contribution in [3.63, 3.8) is 0 Å². The zero-order chi connectivity index (χ0) is 21.4. The molecule has 1 nitrogen and oxygen atoms in total. The van der Waals surface area contributed by atoms with Crippen molar-refractivity contribution in [3.05, 3.63) is 108 Å². The summed E-state index contributed by atoms with van der Waals surface area (Å²) in [7, 11) is 0. The minimum Gasteiger partial charge on any atom is -0.354 e. The van der Waals surface area contributed by atoms with E-state index < -0.39 is 0 Å². The Balaban J connectivity index is 0.00000206. The Morgan fingerprint density at radius 2 is 1.33 bits per heavy atom. The third-order valence-corrected chi connectivity index (χ3v) is 7.39. The largest absolute Gasteiger partial charge is 0.354 e. The molecule has 0 saturated carbocycles. The SMILES string of the molecule is CC1(C)c2ccccc2-c2c1ccc1cc3[nH]c4ccc(-c5ccccc5)cc4c3cc21.S. The fourth-order valence-electron chi connectivity index (χ4n) is 5.73. The van der Waals surface area contributed by atoms with Gasteiger partial charge in [0.25, 0.3) is 0 Å². The molecule has 0 bridgehead atoms. The van der Waals surface area contributed by atoms with Gasteiger partial charge in [-0.2, -0.15) is 13.5 Å². The highest BCUT2D eigenvalue weighted by Gasteiger charge is 2.36. The van der Waals surface area contributed by atoms with E-state index in [9.17, 15) is 0 Å². The first kappa shape index (κ1) is 20.1. The number of aromatic nitrogens is 1. The number of rotatable bonds is 1. The van der Waals surface area contributed by atoms with Crippen molar-refractivity contribution in [3.8, 4) is 22.3 Å². The van der Waals surface area contributed by atoms with Gasteiger partial charge in [0.1, 0.15) is 0 Å². The molecule has 0 unspecified atom stereocenters. The van der Waals surface area contributed by atoms with Gasteiger partial charge < -0.3 is 4.98 Å². The fraction of sp³-hybridized carbons (Fsp3) is 0.0968. The van der Waals surface area contributed by atoms with Crippen molar-refractivity contribution in [2.24, 2.45) is 0 Å². The summed E-state index contributed by atoms with van der Waals surface area (Å²) in [5, 5.41) is 5.21. The lowest BCUT2D eigenvalue weighted by molar-refractivity contribution is 0.661. The number of aromatic amines is 1. The topological polar surface area (TPSA) is 15.8 Å². The summed E-state index contributed by atoms with van der Waals surface area (Å²) in [5.41, 5.74) is 10.5. The molecule has 0 saturated heterocycles. The van der Waals surface area contributed by atoms with Crippen LogP contribution >= 0.6 is 13.5 Å². The molecule has 0 radical (unpaired) electrons. The summed E-state index contributed by atoms with van der Waals surface area (Å²) in [6, 6.07) is 35.6. The monoisotopic (exact) mass is 443 g/mol. The summed E-state index contributed by atoms with van der Waals surface area (Å²) in [6.07, 6.45) is 0. The molecule has 6 aromatic rings. The second-order valence-electron chi connectivity index (χ2n) is 9.53. The predicted molar refractivity (Wildman–Crippen MR) is 147 cm³/mol. The highest BCUT2D eigenvalue weighted by molar-refractivity contribution is 7.59. The summed E-state index contributed by atoms with van der Waals surface area (Å²) in [4.78, 5) is 3.65. The van der Waals surface area contributed by atoms with E-state index in [-0.39, 0.29) is 18.9 Å². The van der Waals surface area contributed by atoms with Gasteiger partial charge in [-0.3, -0.25) is 0 Å². The van der Waals surface area contributed by atoms with Gasteiger partial charge in [-0.1, -0.05) is 86.6 Å². The average molecular weight is 444 g/mol. The molecule has 7 rings (SSSR count). The van der Waals surface area contributed by atoms with Crippen LogP contribution in [0.1, 0.15) is 25.0 Å². The lowest BCUT2D eigenvalue weighted by Crippen LogP contribution is -2.14. The van der Waals surface area contributed by atoms with Crippen LogP contribution in [0.3, 0.4) is 0 Å². The molecule has 0 amide bonds. The van der Waals surface area contributed by atoms with Crippen LogP contribution < -0.4 is 0 Å². The van der Waals surface area contributed by atoms with E-state index in [1.807, 2.05) is 0 Å². The molecule has 1 N–H and O–H groups in total. The number of benzene rings is 5. The number of hydrogen-bond acceptors (Lipinski definition) is 0. The average Bonchev–Trinajstić information content (AvgIpc) is 3.30. The van der Waals surface area contributed by atoms with Crippen LogP contribution in [0, 0.1) is 0 Å². The molecule has 0 spiro atoms. The van der Waals surface area contributed by atoms with Gasteiger partial charge in [0, 0.05) is 27.2 Å². The van der Waals surface area contributed by atoms with Gasteiger partial charge in [0.15, 0.2) is 0 Å². The zero-order valence-electron chi connectivity index (χ0n) is 18.7. The van der Waals surface area contributed by atoms with Gasteiger partial charge in [-0.25, -0.2) is 0 Å². The quantitative estimate of drug-likeness (QED) is 0.262. The zero-order valence-corrected chi connectivity index (χ0v) is 19.7. The smallest absolute Gasteiger partial charge is 0.0471 e. The first-order chi connectivity index (χ1) is 15.6. The summed E-state index contributed by atoms with van der Waals surface area (Å²) in [5.74, 6) is 0. The lowest BCUT2D eigenvalue weighted by atomic mass is 9.82. The van der Waals surface area contributed by atoms with E-state index in [2.05, 4.69) is 116 Å². The van der Waals surface area contributed by atoms with Crippen LogP contribution in [0.2, 0.25) is 0 Å². The molecular weight excluding hydrogens is 418 g/mol. The van der Waals surface area contributed by atoms with Crippen molar-refractivity contribution in [1.82, 2.24) is 4.98 Å². The maximum atomic E-state index is 3.65. The third-order valence-electron chi connectivity index (χ3n) is 7.39. The minimum absolute atomic E-state index is 0. The van der Waals surface area contributed by atoms with Crippen molar-refractivity contribution in [2.45, 2.75) is 19.3 Å². The van der Waals surface area contributed by atoms with E-state index in [0.29, 0.717) is 0 Å². The molecule has 0 aliphatic heterocycles. The first-order valence-electron chi connectivity index (χ1n) is 11.3. The Kier molecular flexibility index (Phi) is 4.27. The summed E-state index contributed by atoms with van der Waals surface area (Å²) < 4.78 is 0. The predicted octanol–water partition coefficient (Wildman–Crippen LogP) is 8.56. The van der Waals surface area contributed by atoms with Gasteiger partial charge >= 0.3 is 0 Å². The van der Waals surface area contributed by atoms with E-state index in [1.54, 1.807) is 0 Å². The Labute approximate surface area is 200 Å². The molecule has 0 atom stereocenters. The van der Waals surface area contributed by atoms with Crippen LogP contribution in [0.5, 0.6) is 0 Å². The third kappa shape index (κ3) is 2.74. The number of H-pyrrole nitrogens is 1. The number of nitrogens with one attached hydrogen (secondary N) is 1. The Hall–Kier alpha value is -3.49. The van der Waals surface area contributed by atoms with Crippen molar-refractivity contribution < 1.29 is 0 Å². The molecule has 33 heavy (non-hydrogen) atoms. The van der Waals surface area contributed by atoms with Gasteiger partial charge in [-0.15, -0.1) is 0 Å². The van der Waals surface area contributed by atoms with Crippen LogP contribution in [-0.2, 0) is 5.41 Å².